The molecule has 0 aromatic heterocycles. The molecule has 3 nitrogen and oxygen atoms in total. The lowest BCUT2D eigenvalue weighted by Gasteiger charge is -2.13. The number of halogens is 1. The van der Waals surface area contributed by atoms with Crippen molar-refractivity contribution in [2.75, 3.05) is 5.88 Å². The summed E-state index contributed by atoms with van der Waals surface area (Å²) in [7, 11) is 0. The third kappa shape index (κ3) is 3.14. The van der Waals surface area contributed by atoms with Gasteiger partial charge >= 0.3 is 0 Å². The number of rotatable bonds is 4. The Bertz CT molecular complexity index is 379. The minimum Gasteiger partial charge on any atom is -0.507 e. The second kappa shape index (κ2) is 5.75. The zero-order valence-electron chi connectivity index (χ0n) is 9.46. The van der Waals surface area contributed by atoms with Crippen molar-refractivity contribution in [1.29, 1.82) is 0 Å². The molecule has 1 atom stereocenters. The van der Waals surface area contributed by atoms with E-state index in [9.17, 15) is 9.90 Å². The van der Waals surface area contributed by atoms with E-state index in [4.69, 9.17) is 11.6 Å². The first-order chi connectivity index (χ1) is 7.56. The van der Waals surface area contributed by atoms with E-state index in [0.29, 0.717) is 23.4 Å². The number of phenols is 1. The quantitative estimate of drug-likeness (QED) is 0.796. The van der Waals surface area contributed by atoms with Crippen LogP contribution < -0.4 is 5.32 Å². The van der Waals surface area contributed by atoms with Crippen molar-refractivity contribution in [3.8, 4) is 5.75 Å². The lowest BCUT2D eigenvalue weighted by molar-refractivity contribution is 0.0936. The van der Waals surface area contributed by atoms with Gasteiger partial charge in [-0.15, -0.1) is 11.6 Å². The standard InChI is InChI=1S/C12H16ClNO2/c1-8-4-3-5-10(11(8)15)12(16)14-9(2)6-7-13/h3-5,9,15H,6-7H2,1-2H3,(H,14,16). The van der Waals surface area contributed by atoms with Gasteiger partial charge in [-0.25, -0.2) is 0 Å². The van der Waals surface area contributed by atoms with Crippen LogP contribution in [0, 0.1) is 6.92 Å². The molecule has 0 bridgehead atoms. The SMILES string of the molecule is Cc1cccc(C(=O)NC(C)CCCl)c1O. The van der Waals surface area contributed by atoms with Crippen molar-refractivity contribution in [1.82, 2.24) is 5.32 Å². The molecule has 0 heterocycles. The molecule has 0 aliphatic rings. The lowest BCUT2D eigenvalue weighted by atomic mass is 10.1. The first-order valence-corrected chi connectivity index (χ1v) is 5.75. The molecule has 1 aromatic rings. The second-order valence-electron chi connectivity index (χ2n) is 3.82. The van der Waals surface area contributed by atoms with Gasteiger partial charge in [0.15, 0.2) is 0 Å². The van der Waals surface area contributed by atoms with Gasteiger partial charge in [0, 0.05) is 11.9 Å². The van der Waals surface area contributed by atoms with Crippen molar-refractivity contribution in [2.45, 2.75) is 26.3 Å². The zero-order chi connectivity index (χ0) is 12.1. The minimum absolute atomic E-state index is 0.00455. The number of amides is 1. The number of alkyl halides is 1. The molecule has 4 heteroatoms. The van der Waals surface area contributed by atoms with Gasteiger partial charge in [-0.1, -0.05) is 12.1 Å². The first-order valence-electron chi connectivity index (χ1n) is 5.21. The minimum atomic E-state index is -0.265. The number of carbonyl (C=O) groups is 1. The Kier molecular flexibility index (Phi) is 4.62. The van der Waals surface area contributed by atoms with Crippen molar-refractivity contribution in [3.05, 3.63) is 29.3 Å². The Hall–Kier alpha value is -1.22. The van der Waals surface area contributed by atoms with E-state index in [-0.39, 0.29) is 17.7 Å². The van der Waals surface area contributed by atoms with Gasteiger partial charge in [-0.05, 0) is 31.9 Å². The number of hydrogen-bond donors (Lipinski definition) is 2. The molecule has 1 aromatic carbocycles. The monoisotopic (exact) mass is 241 g/mol. The highest BCUT2D eigenvalue weighted by molar-refractivity contribution is 6.17. The van der Waals surface area contributed by atoms with Crippen molar-refractivity contribution in [3.63, 3.8) is 0 Å². The Morgan fingerprint density at radius 2 is 2.25 bits per heavy atom. The number of aryl methyl sites for hydroxylation is 1. The molecule has 0 saturated carbocycles. The molecule has 0 aliphatic heterocycles. The topological polar surface area (TPSA) is 49.3 Å². The summed E-state index contributed by atoms with van der Waals surface area (Å²) in [5, 5.41) is 12.5. The molecule has 1 amide bonds. The van der Waals surface area contributed by atoms with Crippen LogP contribution in [0.3, 0.4) is 0 Å². The van der Waals surface area contributed by atoms with E-state index >= 15 is 0 Å². The fraction of sp³-hybridized carbons (Fsp3) is 0.417. The number of phenolic OH excluding ortho intramolecular Hbond substituents is 1. The third-order valence-corrected chi connectivity index (χ3v) is 2.62. The van der Waals surface area contributed by atoms with Crippen LogP contribution in [-0.2, 0) is 0 Å². The number of hydrogen-bond acceptors (Lipinski definition) is 2. The van der Waals surface area contributed by atoms with Crippen LogP contribution in [0.1, 0.15) is 29.3 Å². The van der Waals surface area contributed by atoms with Gasteiger partial charge in [-0.3, -0.25) is 4.79 Å². The molecule has 0 fully saturated rings. The van der Waals surface area contributed by atoms with Gasteiger partial charge in [-0.2, -0.15) is 0 Å². The number of benzene rings is 1. The van der Waals surface area contributed by atoms with E-state index in [1.54, 1.807) is 25.1 Å². The fourth-order valence-corrected chi connectivity index (χ4v) is 1.71. The number of para-hydroxylation sites is 1. The summed E-state index contributed by atoms with van der Waals surface area (Å²) in [4.78, 5) is 11.8. The van der Waals surface area contributed by atoms with E-state index in [0.717, 1.165) is 0 Å². The normalized spacial score (nSPS) is 12.2. The molecule has 0 radical (unpaired) electrons. The van der Waals surface area contributed by atoms with Crippen LogP contribution in [0.2, 0.25) is 0 Å². The Morgan fingerprint density at radius 1 is 1.56 bits per heavy atom. The molecule has 16 heavy (non-hydrogen) atoms. The highest BCUT2D eigenvalue weighted by atomic mass is 35.5. The van der Waals surface area contributed by atoms with Gasteiger partial charge in [0.1, 0.15) is 5.75 Å². The first kappa shape index (κ1) is 12.8. The van der Waals surface area contributed by atoms with Crippen molar-refractivity contribution in [2.24, 2.45) is 0 Å². The van der Waals surface area contributed by atoms with Crippen molar-refractivity contribution >= 4 is 17.5 Å². The molecule has 2 N–H and O–H groups in total. The number of aromatic hydroxyl groups is 1. The summed E-state index contributed by atoms with van der Waals surface area (Å²) in [6, 6.07) is 5.11. The van der Waals surface area contributed by atoms with Crippen LogP contribution in [0.4, 0.5) is 0 Å². The maximum Gasteiger partial charge on any atom is 0.255 e. The van der Waals surface area contributed by atoms with Gasteiger partial charge in [0.05, 0.1) is 5.56 Å². The maximum atomic E-state index is 11.8. The Balaban J connectivity index is 2.77. The molecule has 1 rings (SSSR count). The van der Waals surface area contributed by atoms with Gasteiger partial charge in [0.25, 0.3) is 5.91 Å². The van der Waals surface area contributed by atoms with Crippen LogP contribution in [-0.4, -0.2) is 22.9 Å². The van der Waals surface area contributed by atoms with E-state index in [2.05, 4.69) is 5.32 Å². The number of carbonyl (C=O) groups excluding carboxylic acids is 1. The van der Waals surface area contributed by atoms with E-state index < -0.39 is 0 Å². The second-order valence-corrected chi connectivity index (χ2v) is 4.20. The molecule has 88 valence electrons. The predicted molar refractivity (Wildman–Crippen MR) is 65.1 cm³/mol. The molecule has 0 saturated heterocycles. The summed E-state index contributed by atoms with van der Waals surface area (Å²) >= 11 is 5.58. The Morgan fingerprint density at radius 3 is 2.88 bits per heavy atom. The summed E-state index contributed by atoms with van der Waals surface area (Å²) in [6.45, 7) is 3.64. The largest absolute Gasteiger partial charge is 0.507 e. The van der Waals surface area contributed by atoms with Crippen molar-refractivity contribution < 1.29 is 9.90 Å². The molecular weight excluding hydrogens is 226 g/mol. The van der Waals surface area contributed by atoms with Crippen LogP contribution in [0.25, 0.3) is 0 Å². The third-order valence-electron chi connectivity index (χ3n) is 2.40. The Labute approximate surface area is 100 Å². The number of nitrogens with one attached hydrogen (secondary N) is 1. The molecule has 0 spiro atoms. The molecule has 0 aliphatic carbocycles. The average molecular weight is 242 g/mol. The summed E-state index contributed by atoms with van der Waals surface area (Å²) in [6.07, 6.45) is 0.708. The summed E-state index contributed by atoms with van der Waals surface area (Å²) in [5.41, 5.74) is 0.999. The average Bonchev–Trinajstić information content (AvgIpc) is 2.22. The van der Waals surface area contributed by atoms with E-state index in [1.165, 1.54) is 0 Å². The maximum absolute atomic E-state index is 11.8. The highest BCUT2D eigenvalue weighted by Gasteiger charge is 2.14. The highest BCUT2D eigenvalue weighted by Crippen LogP contribution is 2.21. The lowest BCUT2D eigenvalue weighted by Crippen LogP contribution is -2.32. The predicted octanol–water partition coefficient (Wildman–Crippen LogP) is 2.45. The fourth-order valence-electron chi connectivity index (χ4n) is 1.38. The summed E-state index contributed by atoms with van der Waals surface area (Å²) in [5.74, 6) is 0.276. The molecule has 1 unspecified atom stereocenters. The smallest absolute Gasteiger partial charge is 0.255 e. The van der Waals surface area contributed by atoms with Crippen LogP contribution in [0.15, 0.2) is 18.2 Å². The van der Waals surface area contributed by atoms with Gasteiger partial charge in [0.2, 0.25) is 0 Å². The van der Waals surface area contributed by atoms with Crippen LogP contribution >= 0.6 is 11.6 Å². The zero-order valence-corrected chi connectivity index (χ0v) is 10.2. The van der Waals surface area contributed by atoms with Gasteiger partial charge < -0.3 is 10.4 Å². The molecular formula is C12H16ClNO2. The van der Waals surface area contributed by atoms with E-state index in [1.807, 2.05) is 6.92 Å². The van der Waals surface area contributed by atoms with Crippen LogP contribution in [0.5, 0.6) is 5.75 Å². The summed E-state index contributed by atoms with van der Waals surface area (Å²) < 4.78 is 0.